The molecule has 0 aliphatic carbocycles. The number of unbranched alkanes of at least 4 members (excludes halogenated alkanes) is 13. The molecule has 0 aromatic carbocycles. The molecule has 0 aliphatic rings. The van der Waals surface area contributed by atoms with Crippen LogP contribution in [0.3, 0.4) is 0 Å². The van der Waals surface area contributed by atoms with Gasteiger partial charge in [-0.2, -0.15) is 0 Å². The van der Waals surface area contributed by atoms with Crippen LogP contribution in [0.25, 0.3) is 0 Å². The van der Waals surface area contributed by atoms with Crippen LogP contribution in [0.4, 0.5) is 0 Å². The number of hydrogen-bond donors (Lipinski definition) is 1. The molecule has 258 valence electrons. The molecule has 0 heterocycles. The average molecular weight is 627 g/mol. The number of carboxylic acid groups (broad SMARTS) is 1. The monoisotopic (exact) mass is 626 g/mol. The van der Waals surface area contributed by atoms with Crippen LogP contribution in [-0.2, 0) is 33.4 Å². The molecule has 0 fully saturated rings. The standard InChI is InChI=1S/C36H66O8/c1-5-9-13-20-23-30(42-34(39)26-17-10-6-2)29-32(44-36(41)28-19-12-8-4)31(43-35(40)27-18-11-7-3)24-21-15-14-16-22-25-33(37)38/h30-32H,5-29H2,1-4H3,(H,37,38)/t30?,31-,32?/m1/s1. The molecule has 0 aromatic heterocycles. The summed E-state index contributed by atoms with van der Waals surface area (Å²) < 4.78 is 18.1. The summed E-state index contributed by atoms with van der Waals surface area (Å²) in [7, 11) is 0. The lowest BCUT2D eigenvalue weighted by atomic mass is 9.97. The molecular weight excluding hydrogens is 560 g/mol. The zero-order valence-electron chi connectivity index (χ0n) is 28.7. The Morgan fingerprint density at radius 1 is 0.455 bits per heavy atom. The molecule has 0 saturated carbocycles. The summed E-state index contributed by atoms with van der Waals surface area (Å²) in [6.07, 6.45) is 17.3. The third-order valence-corrected chi connectivity index (χ3v) is 7.99. The number of carbonyl (C=O) groups excluding carboxylic acids is 3. The lowest BCUT2D eigenvalue weighted by molar-refractivity contribution is -0.174. The molecule has 8 heteroatoms. The Bertz CT molecular complexity index is 738. The van der Waals surface area contributed by atoms with Gasteiger partial charge in [-0.1, -0.05) is 105 Å². The predicted molar refractivity (Wildman–Crippen MR) is 175 cm³/mol. The van der Waals surface area contributed by atoms with Gasteiger partial charge in [-0.25, -0.2) is 0 Å². The van der Waals surface area contributed by atoms with E-state index >= 15 is 0 Å². The number of aliphatic carboxylic acids is 1. The molecule has 0 aromatic rings. The summed E-state index contributed by atoms with van der Waals surface area (Å²) >= 11 is 0. The topological polar surface area (TPSA) is 116 Å². The minimum atomic E-state index is -0.779. The molecule has 1 N–H and O–H groups in total. The molecular formula is C36H66O8. The Hall–Kier alpha value is -2.12. The van der Waals surface area contributed by atoms with E-state index in [1.165, 1.54) is 0 Å². The fourth-order valence-corrected chi connectivity index (χ4v) is 5.29. The quantitative estimate of drug-likeness (QED) is 0.0459. The van der Waals surface area contributed by atoms with E-state index in [2.05, 4.69) is 27.7 Å². The Kier molecular flexibility index (Phi) is 28.2. The third-order valence-electron chi connectivity index (χ3n) is 7.99. The Morgan fingerprint density at radius 3 is 1.36 bits per heavy atom. The number of carbonyl (C=O) groups is 4. The van der Waals surface area contributed by atoms with E-state index in [1.54, 1.807) is 0 Å². The van der Waals surface area contributed by atoms with Crippen molar-refractivity contribution in [2.24, 2.45) is 0 Å². The van der Waals surface area contributed by atoms with E-state index < -0.39 is 24.3 Å². The van der Waals surface area contributed by atoms with E-state index in [0.717, 1.165) is 109 Å². The van der Waals surface area contributed by atoms with Gasteiger partial charge in [0.2, 0.25) is 0 Å². The maximum absolute atomic E-state index is 13.0. The largest absolute Gasteiger partial charge is 0.481 e. The van der Waals surface area contributed by atoms with Gasteiger partial charge >= 0.3 is 23.9 Å². The fourth-order valence-electron chi connectivity index (χ4n) is 5.29. The first-order valence-corrected chi connectivity index (χ1v) is 18.1. The average Bonchev–Trinajstić information content (AvgIpc) is 2.98. The number of ether oxygens (including phenoxy) is 3. The zero-order valence-corrected chi connectivity index (χ0v) is 28.7. The smallest absolute Gasteiger partial charge is 0.306 e. The minimum Gasteiger partial charge on any atom is -0.481 e. The van der Waals surface area contributed by atoms with Crippen molar-refractivity contribution < 1.29 is 38.5 Å². The summed E-state index contributed by atoms with van der Waals surface area (Å²) in [4.78, 5) is 49.5. The van der Waals surface area contributed by atoms with Gasteiger partial charge < -0.3 is 19.3 Å². The van der Waals surface area contributed by atoms with E-state index in [1.807, 2.05) is 0 Å². The highest BCUT2D eigenvalue weighted by Gasteiger charge is 2.32. The molecule has 0 bridgehead atoms. The number of rotatable bonds is 31. The van der Waals surface area contributed by atoms with E-state index in [4.69, 9.17) is 19.3 Å². The number of esters is 3. The highest BCUT2D eigenvalue weighted by molar-refractivity contribution is 5.71. The van der Waals surface area contributed by atoms with Gasteiger partial charge in [-0.3, -0.25) is 19.2 Å². The van der Waals surface area contributed by atoms with Gasteiger partial charge in [0, 0.05) is 32.1 Å². The molecule has 2 unspecified atom stereocenters. The van der Waals surface area contributed by atoms with Crippen LogP contribution in [-0.4, -0.2) is 47.3 Å². The van der Waals surface area contributed by atoms with Crippen molar-refractivity contribution in [3.63, 3.8) is 0 Å². The van der Waals surface area contributed by atoms with Crippen LogP contribution in [0.1, 0.15) is 188 Å². The van der Waals surface area contributed by atoms with Crippen LogP contribution in [0, 0.1) is 0 Å². The third kappa shape index (κ3) is 25.2. The highest BCUT2D eigenvalue weighted by atomic mass is 16.6. The van der Waals surface area contributed by atoms with Gasteiger partial charge in [-0.05, 0) is 51.4 Å². The van der Waals surface area contributed by atoms with Crippen molar-refractivity contribution in [3.8, 4) is 0 Å². The molecule has 0 saturated heterocycles. The first-order valence-electron chi connectivity index (χ1n) is 18.1. The second-order valence-electron chi connectivity index (χ2n) is 12.3. The normalized spacial score (nSPS) is 13.2. The zero-order chi connectivity index (χ0) is 32.8. The van der Waals surface area contributed by atoms with Gasteiger partial charge in [-0.15, -0.1) is 0 Å². The Labute approximate surface area is 268 Å². The van der Waals surface area contributed by atoms with Gasteiger partial charge in [0.15, 0.2) is 0 Å². The Balaban J connectivity index is 5.81. The lowest BCUT2D eigenvalue weighted by Gasteiger charge is -2.30. The van der Waals surface area contributed by atoms with Crippen LogP contribution in [0.5, 0.6) is 0 Å². The number of carboxylic acids is 1. The molecule has 44 heavy (non-hydrogen) atoms. The first-order chi connectivity index (χ1) is 21.3. The van der Waals surface area contributed by atoms with Crippen molar-refractivity contribution in [2.45, 2.75) is 207 Å². The first kappa shape index (κ1) is 41.9. The number of hydrogen-bond acceptors (Lipinski definition) is 7. The highest BCUT2D eigenvalue weighted by Crippen LogP contribution is 2.24. The summed E-state index contributed by atoms with van der Waals surface area (Å²) in [5.41, 5.74) is 0. The second kappa shape index (κ2) is 29.6. The van der Waals surface area contributed by atoms with Crippen LogP contribution >= 0.6 is 0 Å². The van der Waals surface area contributed by atoms with Crippen molar-refractivity contribution in [3.05, 3.63) is 0 Å². The molecule has 0 amide bonds. The summed E-state index contributed by atoms with van der Waals surface area (Å²) in [6.45, 7) is 8.43. The van der Waals surface area contributed by atoms with Crippen LogP contribution < -0.4 is 0 Å². The van der Waals surface area contributed by atoms with Gasteiger partial charge in [0.05, 0.1) is 0 Å². The van der Waals surface area contributed by atoms with Gasteiger partial charge in [0.1, 0.15) is 18.3 Å². The van der Waals surface area contributed by atoms with E-state index in [0.29, 0.717) is 44.9 Å². The van der Waals surface area contributed by atoms with Crippen LogP contribution in [0.15, 0.2) is 0 Å². The lowest BCUT2D eigenvalue weighted by Crippen LogP contribution is -2.39. The molecule has 0 spiro atoms. The van der Waals surface area contributed by atoms with E-state index in [-0.39, 0.29) is 24.3 Å². The van der Waals surface area contributed by atoms with Crippen molar-refractivity contribution >= 4 is 23.9 Å². The van der Waals surface area contributed by atoms with Gasteiger partial charge in [0.25, 0.3) is 0 Å². The Morgan fingerprint density at radius 2 is 0.841 bits per heavy atom. The second-order valence-corrected chi connectivity index (χ2v) is 12.3. The molecule has 0 rings (SSSR count). The van der Waals surface area contributed by atoms with Crippen molar-refractivity contribution in [1.82, 2.24) is 0 Å². The summed E-state index contributed by atoms with van der Waals surface area (Å²) in [5.74, 6) is -1.59. The van der Waals surface area contributed by atoms with Crippen LogP contribution in [0.2, 0.25) is 0 Å². The summed E-state index contributed by atoms with van der Waals surface area (Å²) in [5, 5.41) is 8.89. The fraction of sp³-hybridized carbons (Fsp3) is 0.889. The molecule has 3 atom stereocenters. The van der Waals surface area contributed by atoms with Crippen molar-refractivity contribution in [2.75, 3.05) is 0 Å². The van der Waals surface area contributed by atoms with Crippen molar-refractivity contribution in [1.29, 1.82) is 0 Å². The molecule has 0 radical (unpaired) electrons. The van der Waals surface area contributed by atoms with E-state index in [9.17, 15) is 19.2 Å². The maximum atomic E-state index is 13.0. The molecule has 8 nitrogen and oxygen atoms in total. The maximum Gasteiger partial charge on any atom is 0.306 e. The molecule has 0 aliphatic heterocycles. The summed E-state index contributed by atoms with van der Waals surface area (Å²) in [6, 6.07) is 0. The minimum absolute atomic E-state index is 0.171. The predicted octanol–water partition coefficient (Wildman–Crippen LogP) is 9.64. The SMILES string of the molecule is CCCCCCC(CC(OC(=O)CCCCC)[C@@H](CCCCCCCC(=O)O)OC(=O)CCCCC)OC(=O)CCCCC.